The Kier molecular flexibility index (Phi) is 8.27. The minimum Gasteiger partial charge on any atom is -0.351 e. The molecule has 0 saturated carbocycles. The molecule has 0 radical (unpaired) electrons. The zero-order valence-electron chi connectivity index (χ0n) is 19.8. The number of thioether (sulfide) groups is 1. The number of hydrogen-bond donors (Lipinski definition) is 2. The lowest BCUT2D eigenvalue weighted by atomic mass is 10.1. The number of nitrogens with one attached hydrogen (secondary N) is 2. The van der Waals surface area contributed by atoms with E-state index >= 15 is 0 Å². The summed E-state index contributed by atoms with van der Waals surface area (Å²) in [6.07, 6.45) is 0.871. The van der Waals surface area contributed by atoms with Crippen LogP contribution in [-0.4, -0.2) is 38.4 Å². The Morgan fingerprint density at radius 1 is 1.09 bits per heavy atom. The topological polar surface area (TPSA) is 88.9 Å². The number of nitrogens with zero attached hydrogens (tertiary/aromatic N) is 3. The predicted molar refractivity (Wildman–Crippen MR) is 132 cm³/mol. The quantitative estimate of drug-likeness (QED) is 0.464. The number of aryl methyl sites for hydroxylation is 3. The van der Waals surface area contributed by atoms with Gasteiger partial charge in [0.25, 0.3) is 5.91 Å². The van der Waals surface area contributed by atoms with Gasteiger partial charge in [0, 0.05) is 18.2 Å². The van der Waals surface area contributed by atoms with Gasteiger partial charge in [-0.05, 0) is 69.0 Å². The molecule has 0 aliphatic rings. The second kappa shape index (κ2) is 11.1. The van der Waals surface area contributed by atoms with Crippen molar-refractivity contribution in [3.63, 3.8) is 0 Å². The van der Waals surface area contributed by atoms with Crippen LogP contribution in [0, 0.1) is 20.8 Å². The third-order valence-electron chi connectivity index (χ3n) is 5.40. The summed E-state index contributed by atoms with van der Waals surface area (Å²) in [4.78, 5) is 24.8. The summed E-state index contributed by atoms with van der Waals surface area (Å²) in [5.74, 6) is 0.785. The Morgan fingerprint density at radius 2 is 1.88 bits per heavy atom. The van der Waals surface area contributed by atoms with Gasteiger partial charge >= 0.3 is 0 Å². The van der Waals surface area contributed by atoms with Crippen LogP contribution >= 0.6 is 11.8 Å². The highest BCUT2D eigenvalue weighted by Crippen LogP contribution is 2.24. The maximum absolute atomic E-state index is 12.5. The minimum absolute atomic E-state index is 0.103. The largest absolute Gasteiger partial charge is 0.351 e. The van der Waals surface area contributed by atoms with E-state index < -0.39 is 0 Å². The Bertz CT molecular complexity index is 1140. The molecular formula is C25H31N5O2S. The first kappa shape index (κ1) is 24.5. The van der Waals surface area contributed by atoms with Crippen LogP contribution in [0.4, 0.5) is 0 Å². The van der Waals surface area contributed by atoms with Crippen molar-refractivity contribution in [3.05, 3.63) is 70.5 Å². The lowest BCUT2D eigenvalue weighted by Gasteiger charge is -2.13. The highest BCUT2D eigenvalue weighted by Gasteiger charge is 2.15. The van der Waals surface area contributed by atoms with Crippen LogP contribution in [0.5, 0.6) is 0 Å². The molecule has 3 rings (SSSR count). The van der Waals surface area contributed by atoms with E-state index in [2.05, 4.69) is 39.0 Å². The number of aromatic nitrogens is 3. The zero-order valence-corrected chi connectivity index (χ0v) is 20.6. The molecule has 0 aliphatic carbocycles. The number of hydrogen-bond acceptors (Lipinski definition) is 5. The van der Waals surface area contributed by atoms with Crippen molar-refractivity contribution in [2.24, 2.45) is 0 Å². The molecular weight excluding hydrogens is 434 g/mol. The Labute approximate surface area is 199 Å². The molecule has 0 bridgehead atoms. The highest BCUT2D eigenvalue weighted by atomic mass is 32.2. The first-order chi connectivity index (χ1) is 15.8. The maximum Gasteiger partial charge on any atom is 0.251 e. The van der Waals surface area contributed by atoms with E-state index in [1.807, 2.05) is 57.4 Å². The van der Waals surface area contributed by atoms with Crippen molar-refractivity contribution in [1.82, 2.24) is 25.4 Å². The summed E-state index contributed by atoms with van der Waals surface area (Å²) in [5, 5.41) is 15.0. The average molecular weight is 466 g/mol. The van der Waals surface area contributed by atoms with E-state index in [1.165, 1.54) is 11.8 Å². The van der Waals surface area contributed by atoms with Crippen molar-refractivity contribution in [2.75, 3.05) is 5.75 Å². The van der Waals surface area contributed by atoms with Gasteiger partial charge in [-0.1, -0.05) is 43.0 Å². The molecule has 3 aromatic rings. The van der Waals surface area contributed by atoms with Crippen LogP contribution in [0.3, 0.4) is 0 Å². The molecule has 1 atom stereocenters. The van der Waals surface area contributed by atoms with Crippen molar-refractivity contribution >= 4 is 23.6 Å². The predicted octanol–water partition coefficient (Wildman–Crippen LogP) is 4.13. The molecule has 7 nitrogen and oxygen atoms in total. The Hall–Kier alpha value is -3.13. The fraction of sp³-hybridized carbons (Fsp3) is 0.360. The number of benzene rings is 2. The van der Waals surface area contributed by atoms with Gasteiger partial charge in [0.15, 0.2) is 5.16 Å². The van der Waals surface area contributed by atoms with Gasteiger partial charge in [-0.25, -0.2) is 0 Å². The summed E-state index contributed by atoms with van der Waals surface area (Å²) in [6.45, 7) is 10.4. The van der Waals surface area contributed by atoms with E-state index in [9.17, 15) is 9.59 Å². The molecule has 2 amide bonds. The average Bonchev–Trinajstić information content (AvgIpc) is 3.17. The first-order valence-electron chi connectivity index (χ1n) is 11.1. The van der Waals surface area contributed by atoms with Crippen LogP contribution in [0.1, 0.15) is 53.1 Å². The summed E-state index contributed by atoms with van der Waals surface area (Å²) < 4.78 is 1.99. The van der Waals surface area contributed by atoms with Crippen LogP contribution < -0.4 is 10.6 Å². The fourth-order valence-corrected chi connectivity index (χ4v) is 4.11. The van der Waals surface area contributed by atoms with Crippen LogP contribution in [0.25, 0.3) is 5.69 Å². The van der Waals surface area contributed by atoms with Crippen LogP contribution in [0.15, 0.2) is 47.6 Å². The first-order valence-corrected chi connectivity index (χ1v) is 12.1. The lowest BCUT2D eigenvalue weighted by molar-refractivity contribution is -0.118. The van der Waals surface area contributed by atoms with Gasteiger partial charge in [0.1, 0.15) is 5.82 Å². The van der Waals surface area contributed by atoms with E-state index in [1.54, 1.807) is 6.07 Å². The monoisotopic (exact) mass is 465 g/mol. The molecule has 1 heterocycles. The van der Waals surface area contributed by atoms with Gasteiger partial charge < -0.3 is 10.6 Å². The Balaban J connectivity index is 1.60. The Morgan fingerprint density at radius 3 is 2.64 bits per heavy atom. The van der Waals surface area contributed by atoms with E-state index in [4.69, 9.17) is 0 Å². The third kappa shape index (κ3) is 6.44. The molecule has 1 aromatic heterocycles. The molecule has 8 heteroatoms. The van der Waals surface area contributed by atoms with Crippen LogP contribution in [0.2, 0.25) is 0 Å². The number of amides is 2. The lowest BCUT2D eigenvalue weighted by Crippen LogP contribution is -2.32. The number of carbonyl (C=O) groups is 2. The standard InChI is InChI=1S/C25H31N5O2S/c1-6-18(4)27-24(32)21-9-7-8-20(13-21)14-26-23(31)15-33-25-29-28-19(5)30(25)22-12-16(2)10-11-17(22)3/h7-13,18H,6,14-15H2,1-5H3,(H,26,31)(H,27,32). The third-order valence-corrected chi connectivity index (χ3v) is 6.33. The molecule has 1 unspecified atom stereocenters. The van der Waals surface area contributed by atoms with E-state index in [-0.39, 0.29) is 23.6 Å². The zero-order chi connectivity index (χ0) is 24.0. The highest BCUT2D eigenvalue weighted by molar-refractivity contribution is 7.99. The van der Waals surface area contributed by atoms with Gasteiger partial charge in [0.05, 0.1) is 11.4 Å². The molecule has 174 valence electrons. The van der Waals surface area contributed by atoms with E-state index in [0.717, 1.165) is 34.6 Å². The smallest absolute Gasteiger partial charge is 0.251 e. The van der Waals surface area contributed by atoms with Gasteiger partial charge in [-0.2, -0.15) is 0 Å². The van der Waals surface area contributed by atoms with Crippen molar-refractivity contribution in [1.29, 1.82) is 0 Å². The summed E-state index contributed by atoms with van der Waals surface area (Å²) in [6, 6.07) is 13.7. The van der Waals surface area contributed by atoms with Gasteiger partial charge in [0.2, 0.25) is 5.91 Å². The molecule has 0 aliphatic heterocycles. The van der Waals surface area contributed by atoms with Crippen molar-refractivity contribution < 1.29 is 9.59 Å². The molecule has 0 fully saturated rings. The van der Waals surface area contributed by atoms with Crippen molar-refractivity contribution in [3.8, 4) is 5.69 Å². The SMILES string of the molecule is CCC(C)NC(=O)c1cccc(CNC(=O)CSc2nnc(C)n2-c2cc(C)ccc2C)c1. The second-order valence-corrected chi connectivity index (χ2v) is 9.15. The molecule has 33 heavy (non-hydrogen) atoms. The number of carbonyl (C=O) groups excluding carboxylic acids is 2. The molecule has 0 spiro atoms. The summed E-state index contributed by atoms with van der Waals surface area (Å²) >= 11 is 1.35. The molecule has 2 aromatic carbocycles. The summed E-state index contributed by atoms with van der Waals surface area (Å²) in [7, 11) is 0. The normalized spacial score (nSPS) is 11.8. The minimum atomic E-state index is -0.109. The fourth-order valence-electron chi connectivity index (χ4n) is 3.29. The maximum atomic E-state index is 12.5. The van der Waals surface area contributed by atoms with Crippen molar-refractivity contribution in [2.45, 2.75) is 58.8 Å². The van der Waals surface area contributed by atoms with Gasteiger partial charge in [-0.3, -0.25) is 14.2 Å². The number of rotatable bonds is 9. The van der Waals surface area contributed by atoms with Crippen LogP contribution in [-0.2, 0) is 11.3 Å². The molecule has 0 saturated heterocycles. The second-order valence-electron chi connectivity index (χ2n) is 8.20. The van der Waals surface area contributed by atoms with E-state index in [0.29, 0.717) is 17.3 Å². The summed E-state index contributed by atoms with van der Waals surface area (Å²) in [5.41, 5.74) is 4.76. The molecule has 2 N–H and O–H groups in total. The van der Waals surface area contributed by atoms with Gasteiger partial charge in [-0.15, -0.1) is 10.2 Å².